The molecule has 0 unspecified atom stereocenters. The van der Waals surface area contributed by atoms with Crippen molar-refractivity contribution in [2.24, 2.45) is 5.73 Å². The third kappa shape index (κ3) is 6.45. The minimum atomic E-state index is -0.712. The largest absolute Gasteiger partial charge is 0.491 e. The first-order valence-corrected chi connectivity index (χ1v) is 15.3. The van der Waals surface area contributed by atoms with Gasteiger partial charge in [-0.25, -0.2) is 0 Å². The molecule has 4 aromatic carbocycles. The summed E-state index contributed by atoms with van der Waals surface area (Å²) in [6.45, 7) is 1.11. The number of carbonyl (C=O) groups is 3. The summed E-state index contributed by atoms with van der Waals surface area (Å²) in [5.74, 6) is 0.335. The highest BCUT2D eigenvalue weighted by molar-refractivity contribution is 5.95. The van der Waals surface area contributed by atoms with Crippen LogP contribution in [0.15, 0.2) is 91.0 Å². The van der Waals surface area contributed by atoms with Crippen LogP contribution in [0.1, 0.15) is 35.2 Å². The first-order valence-electron chi connectivity index (χ1n) is 15.3. The number of amides is 3. The van der Waals surface area contributed by atoms with Crippen LogP contribution in [0.5, 0.6) is 5.75 Å². The molecule has 3 amide bonds. The zero-order valence-electron chi connectivity index (χ0n) is 24.9. The zero-order chi connectivity index (χ0) is 30.6. The predicted octanol–water partition coefficient (Wildman–Crippen LogP) is 4.41. The Morgan fingerprint density at radius 3 is 2.57 bits per heavy atom. The Labute approximate surface area is 257 Å². The number of hydrogen-bond donors (Lipinski definition) is 2. The van der Waals surface area contributed by atoms with Crippen molar-refractivity contribution in [1.29, 1.82) is 0 Å². The minimum Gasteiger partial charge on any atom is -0.491 e. The normalized spacial score (nSPS) is 21.0. The monoisotopic (exact) mass is 590 g/mol. The van der Waals surface area contributed by atoms with Gasteiger partial charge in [0, 0.05) is 37.3 Å². The number of nitrogens with one attached hydrogen (secondary N) is 1. The lowest BCUT2D eigenvalue weighted by Crippen LogP contribution is -2.48. The summed E-state index contributed by atoms with van der Waals surface area (Å²) in [5.41, 5.74) is 9.70. The summed E-state index contributed by atoms with van der Waals surface area (Å²) in [5, 5.41) is 5.39. The number of benzene rings is 4. The molecule has 8 nitrogen and oxygen atoms in total. The molecule has 0 aliphatic carbocycles. The standard InChI is InChI=1S/C36H38N4O4/c1-39-17-7-13-32(37)36(43)40-22-29(38-34(41)19-24-15-16-25-8-2-3-9-26(25)18-24)21-30(40)23-44-33-14-5-4-12-31(33)27-10-6-11-28(20-27)35(39)42/h2-6,8-12,14-16,18,20,29-30,32H,7,13,17,19,21-23,37H2,1H3,(H,38,41)/t29-,30-,32-/m0/s1. The second kappa shape index (κ2) is 12.9. The topological polar surface area (TPSA) is 105 Å². The van der Waals surface area contributed by atoms with Crippen molar-refractivity contribution in [2.75, 3.05) is 26.7 Å². The number of nitrogens with two attached hydrogens (primary N) is 1. The third-order valence-corrected chi connectivity index (χ3v) is 8.65. The molecular formula is C36H38N4O4. The molecule has 44 heavy (non-hydrogen) atoms. The van der Waals surface area contributed by atoms with E-state index in [0.717, 1.165) is 27.5 Å². The molecule has 0 radical (unpaired) electrons. The molecule has 2 bridgehead atoms. The highest BCUT2D eigenvalue weighted by atomic mass is 16.5. The number of rotatable bonds is 3. The molecule has 2 heterocycles. The van der Waals surface area contributed by atoms with E-state index in [1.165, 1.54) is 0 Å². The summed E-state index contributed by atoms with van der Waals surface area (Å²) < 4.78 is 6.38. The molecule has 0 aromatic heterocycles. The Bertz CT molecular complexity index is 1690. The van der Waals surface area contributed by atoms with Gasteiger partial charge >= 0.3 is 0 Å². The fourth-order valence-electron chi connectivity index (χ4n) is 6.31. The molecule has 8 heteroatoms. The average Bonchev–Trinajstić information content (AvgIpc) is 3.44. The van der Waals surface area contributed by atoms with Crippen LogP contribution in [-0.4, -0.2) is 72.4 Å². The van der Waals surface area contributed by atoms with Crippen LogP contribution in [0, 0.1) is 0 Å². The van der Waals surface area contributed by atoms with Crippen LogP contribution in [0.3, 0.4) is 0 Å². The van der Waals surface area contributed by atoms with Crippen molar-refractivity contribution in [3.8, 4) is 16.9 Å². The van der Waals surface area contributed by atoms with E-state index in [0.29, 0.717) is 43.7 Å². The molecule has 0 spiro atoms. The molecule has 2 aliphatic heterocycles. The average molecular weight is 591 g/mol. The molecular weight excluding hydrogens is 552 g/mol. The number of nitrogens with zero attached hydrogens (tertiary/aromatic N) is 2. The van der Waals surface area contributed by atoms with E-state index in [-0.39, 0.29) is 42.8 Å². The SMILES string of the molecule is CN1CCC[C@H](N)C(=O)N2C[C@@H](NC(=O)Cc3ccc4ccccc4c3)C[C@H]2COc2ccccc2-c2cccc(c2)C1=O. The maximum absolute atomic E-state index is 13.6. The number of para-hydroxylation sites is 1. The van der Waals surface area contributed by atoms with E-state index in [1.54, 1.807) is 16.8 Å². The number of hydrogen-bond acceptors (Lipinski definition) is 5. The Kier molecular flexibility index (Phi) is 8.61. The van der Waals surface area contributed by atoms with Crippen molar-refractivity contribution in [3.05, 3.63) is 102 Å². The Balaban J connectivity index is 1.21. The van der Waals surface area contributed by atoms with Gasteiger partial charge in [0.25, 0.3) is 5.91 Å². The first-order chi connectivity index (χ1) is 21.4. The lowest BCUT2D eigenvalue weighted by Gasteiger charge is -2.28. The predicted molar refractivity (Wildman–Crippen MR) is 171 cm³/mol. The Morgan fingerprint density at radius 1 is 0.932 bits per heavy atom. The van der Waals surface area contributed by atoms with Gasteiger partial charge in [-0.15, -0.1) is 0 Å². The Hall–Kier alpha value is -4.69. The van der Waals surface area contributed by atoms with Crippen molar-refractivity contribution in [1.82, 2.24) is 15.1 Å². The van der Waals surface area contributed by atoms with Gasteiger partial charge < -0.3 is 25.6 Å². The van der Waals surface area contributed by atoms with Crippen molar-refractivity contribution in [2.45, 2.75) is 43.8 Å². The van der Waals surface area contributed by atoms with Gasteiger partial charge in [0.2, 0.25) is 11.8 Å². The molecule has 6 rings (SSSR count). The van der Waals surface area contributed by atoms with Crippen LogP contribution in [0.2, 0.25) is 0 Å². The van der Waals surface area contributed by atoms with Crippen molar-refractivity contribution >= 4 is 28.5 Å². The van der Waals surface area contributed by atoms with E-state index in [1.807, 2.05) is 84.9 Å². The van der Waals surface area contributed by atoms with Crippen LogP contribution >= 0.6 is 0 Å². The summed E-state index contributed by atoms with van der Waals surface area (Å²) in [6, 6.07) is 28.2. The summed E-state index contributed by atoms with van der Waals surface area (Å²) in [4.78, 5) is 43.4. The molecule has 0 saturated carbocycles. The van der Waals surface area contributed by atoms with Gasteiger partial charge in [0.15, 0.2) is 0 Å². The lowest BCUT2D eigenvalue weighted by atomic mass is 10.0. The van der Waals surface area contributed by atoms with Crippen molar-refractivity contribution in [3.63, 3.8) is 0 Å². The van der Waals surface area contributed by atoms with Gasteiger partial charge in [0.1, 0.15) is 12.4 Å². The maximum Gasteiger partial charge on any atom is 0.253 e. The van der Waals surface area contributed by atoms with E-state index >= 15 is 0 Å². The summed E-state index contributed by atoms with van der Waals surface area (Å²) in [6.07, 6.45) is 1.87. The second-order valence-corrected chi connectivity index (χ2v) is 11.9. The molecule has 2 aliphatic rings. The molecule has 1 saturated heterocycles. The van der Waals surface area contributed by atoms with Gasteiger partial charge in [-0.3, -0.25) is 14.4 Å². The first kappa shape index (κ1) is 29.4. The zero-order valence-corrected chi connectivity index (χ0v) is 24.9. The van der Waals surface area contributed by atoms with Gasteiger partial charge in [-0.1, -0.05) is 72.8 Å². The van der Waals surface area contributed by atoms with Gasteiger partial charge in [-0.2, -0.15) is 0 Å². The van der Waals surface area contributed by atoms with Gasteiger partial charge in [0.05, 0.1) is 18.5 Å². The van der Waals surface area contributed by atoms with E-state index in [4.69, 9.17) is 10.5 Å². The number of carbonyl (C=O) groups excluding carboxylic acids is 3. The fourth-order valence-corrected chi connectivity index (χ4v) is 6.31. The number of ether oxygens (including phenoxy) is 1. The van der Waals surface area contributed by atoms with Crippen LogP contribution in [0.25, 0.3) is 21.9 Å². The highest BCUT2D eigenvalue weighted by Gasteiger charge is 2.38. The van der Waals surface area contributed by atoms with E-state index in [2.05, 4.69) is 11.4 Å². The molecule has 3 atom stereocenters. The van der Waals surface area contributed by atoms with Gasteiger partial charge in [-0.05, 0) is 59.4 Å². The quantitative estimate of drug-likeness (QED) is 0.368. The summed E-state index contributed by atoms with van der Waals surface area (Å²) >= 11 is 0. The van der Waals surface area contributed by atoms with E-state index < -0.39 is 6.04 Å². The van der Waals surface area contributed by atoms with Crippen LogP contribution in [-0.2, 0) is 16.0 Å². The molecule has 226 valence electrons. The lowest BCUT2D eigenvalue weighted by molar-refractivity contribution is -0.134. The fraction of sp³-hybridized carbons (Fsp3) is 0.306. The third-order valence-electron chi connectivity index (χ3n) is 8.65. The Morgan fingerprint density at radius 2 is 1.70 bits per heavy atom. The highest BCUT2D eigenvalue weighted by Crippen LogP contribution is 2.32. The van der Waals surface area contributed by atoms with Crippen molar-refractivity contribution < 1.29 is 19.1 Å². The maximum atomic E-state index is 13.6. The molecule has 3 N–H and O–H groups in total. The van der Waals surface area contributed by atoms with Crippen LogP contribution in [0.4, 0.5) is 0 Å². The van der Waals surface area contributed by atoms with E-state index in [9.17, 15) is 14.4 Å². The summed E-state index contributed by atoms with van der Waals surface area (Å²) in [7, 11) is 1.77. The molecule has 4 aromatic rings. The molecule has 1 fully saturated rings. The van der Waals surface area contributed by atoms with Crippen LogP contribution < -0.4 is 15.8 Å². The minimum absolute atomic E-state index is 0.0835. The smallest absolute Gasteiger partial charge is 0.253 e. The number of fused-ring (bicyclic) bond motifs is 6. The second-order valence-electron chi connectivity index (χ2n) is 11.9.